The molecule has 0 unspecified atom stereocenters. The van der Waals surface area contributed by atoms with Gasteiger partial charge in [-0.1, -0.05) is 12.1 Å². The maximum Gasteiger partial charge on any atom is 0.231 e. The lowest BCUT2D eigenvalue weighted by molar-refractivity contribution is 0.171. The van der Waals surface area contributed by atoms with Crippen molar-refractivity contribution in [1.82, 2.24) is 20.1 Å². The molecule has 4 rings (SSSR count). The minimum atomic E-state index is 0.321. The molecular weight excluding hydrogens is 354 g/mol. The van der Waals surface area contributed by atoms with Gasteiger partial charge in [0.05, 0.1) is 12.2 Å². The number of pyridine rings is 1. The second-order valence-corrected chi connectivity index (χ2v) is 7.12. The maximum atomic E-state index is 5.48. The van der Waals surface area contributed by atoms with Gasteiger partial charge >= 0.3 is 0 Å². The van der Waals surface area contributed by atoms with Gasteiger partial charge in [-0.25, -0.2) is 0 Å². The van der Waals surface area contributed by atoms with E-state index < -0.39 is 0 Å². The van der Waals surface area contributed by atoms with Crippen LogP contribution in [0.2, 0.25) is 0 Å². The third-order valence-corrected chi connectivity index (χ3v) is 5.10. The molecule has 0 radical (unpaired) electrons. The predicted octanol–water partition coefficient (Wildman–Crippen LogP) is 2.01. The van der Waals surface area contributed by atoms with Crippen LogP contribution in [0.1, 0.15) is 17.0 Å². The van der Waals surface area contributed by atoms with Crippen molar-refractivity contribution in [1.29, 1.82) is 0 Å². The van der Waals surface area contributed by atoms with E-state index in [0.29, 0.717) is 13.3 Å². The normalized spacial score (nSPS) is 17.1. The molecule has 1 aromatic carbocycles. The van der Waals surface area contributed by atoms with Crippen molar-refractivity contribution in [3.8, 4) is 11.5 Å². The minimum Gasteiger partial charge on any atom is -0.454 e. The van der Waals surface area contributed by atoms with Crippen LogP contribution in [0.25, 0.3) is 0 Å². The number of benzene rings is 1. The van der Waals surface area contributed by atoms with Gasteiger partial charge in [0.2, 0.25) is 6.79 Å². The Balaban J connectivity index is 1.28. The predicted molar refractivity (Wildman–Crippen MR) is 109 cm³/mol. The van der Waals surface area contributed by atoms with Crippen LogP contribution in [0, 0.1) is 6.92 Å². The number of nitrogens with zero attached hydrogens (tertiary/aromatic N) is 4. The minimum absolute atomic E-state index is 0.321. The molecule has 2 aromatic rings. The van der Waals surface area contributed by atoms with Crippen LogP contribution in [0.3, 0.4) is 0 Å². The van der Waals surface area contributed by atoms with E-state index in [-0.39, 0.29) is 0 Å². The number of aliphatic imine (C=N–C) groups is 1. The molecule has 148 valence electrons. The summed E-state index contributed by atoms with van der Waals surface area (Å²) in [4.78, 5) is 13.8. The molecule has 1 saturated heterocycles. The molecule has 0 atom stereocenters. The van der Waals surface area contributed by atoms with Gasteiger partial charge in [0.15, 0.2) is 17.5 Å². The molecule has 7 heteroatoms. The Morgan fingerprint density at radius 1 is 1.11 bits per heavy atom. The summed E-state index contributed by atoms with van der Waals surface area (Å²) in [5.74, 6) is 2.63. The number of piperazine rings is 1. The van der Waals surface area contributed by atoms with E-state index in [9.17, 15) is 0 Å². The highest BCUT2D eigenvalue weighted by Crippen LogP contribution is 2.32. The first-order chi connectivity index (χ1) is 13.7. The van der Waals surface area contributed by atoms with Crippen molar-refractivity contribution in [3.05, 3.63) is 53.3 Å². The van der Waals surface area contributed by atoms with Crippen LogP contribution in [0.4, 0.5) is 0 Å². The van der Waals surface area contributed by atoms with E-state index in [1.807, 2.05) is 38.2 Å². The second-order valence-electron chi connectivity index (χ2n) is 7.12. The van der Waals surface area contributed by atoms with Gasteiger partial charge < -0.3 is 19.7 Å². The van der Waals surface area contributed by atoms with E-state index in [0.717, 1.165) is 61.6 Å². The lowest BCUT2D eigenvalue weighted by Gasteiger charge is -2.36. The Hall–Kier alpha value is -2.80. The van der Waals surface area contributed by atoms with Crippen molar-refractivity contribution >= 4 is 5.96 Å². The van der Waals surface area contributed by atoms with Crippen LogP contribution in [0.5, 0.6) is 11.5 Å². The molecule has 0 spiro atoms. The summed E-state index contributed by atoms with van der Waals surface area (Å²) in [5.41, 5.74) is 3.32. The Bertz CT molecular complexity index is 846. The molecule has 2 aliphatic rings. The molecule has 0 aliphatic carbocycles. The Morgan fingerprint density at radius 2 is 1.93 bits per heavy atom. The quantitative estimate of drug-likeness (QED) is 0.646. The first-order valence-electron chi connectivity index (χ1n) is 9.70. The molecule has 0 amide bonds. The van der Waals surface area contributed by atoms with Crippen LogP contribution in [-0.2, 0) is 13.1 Å². The summed E-state index contributed by atoms with van der Waals surface area (Å²) in [7, 11) is 1.84. The lowest BCUT2D eigenvalue weighted by atomic mass is 10.1. The first kappa shape index (κ1) is 18.6. The van der Waals surface area contributed by atoms with Gasteiger partial charge in [-0.15, -0.1) is 0 Å². The van der Waals surface area contributed by atoms with E-state index in [1.54, 1.807) is 0 Å². The lowest BCUT2D eigenvalue weighted by Crippen LogP contribution is -2.52. The largest absolute Gasteiger partial charge is 0.454 e. The van der Waals surface area contributed by atoms with Gasteiger partial charge in [-0.05, 0) is 36.8 Å². The Morgan fingerprint density at radius 3 is 2.71 bits per heavy atom. The summed E-state index contributed by atoms with van der Waals surface area (Å²) in [6, 6.07) is 12.3. The molecule has 28 heavy (non-hydrogen) atoms. The van der Waals surface area contributed by atoms with Crippen molar-refractivity contribution < 1.29 is 9.47 Å². The number of guanidine groups is 1. The van der Waals surface area contributed by atoms with Crippen LogP contribution >= 0.6 is 0 Å². The van der Waals surface area contributed by atoms with Crippen molar-refractivity contribution in [2.24, 2.45) is 4.99 Å². The molecule has 3 heterocycles. The summed E-state index contributed by atoms with van der Waals surface area (Å²) < 4.78 is 10.9. The van der Waals surface area contributed by atoms with Gasteiger partial charge in [-0.3, -0.25) is 14.9 Å². The molecule has 7 nitrogen and oxygen atoms in total. The topological polar surface area (TPSA) is 62.2 Å². The molecule has 1 aromatic heterocycles. The highest BCUT2D eigenvalue weighted by molar-refractivity contribution is 5.79. The first-order valence-corrected chi connectivity index (χ1v) is 9.70. The van der Waals surface area contributed by atoms with Crippen LogP contribution in [0.15, 0.2) is 41.4 Å². The third-order valence-electron chi connectivity index (χ3n) is 5.10. The smallest absolute Gasteiger partial charge is 0.231 e. The SMILES string of the molecule is CN=C(NCc1cccc(C)n1)N1CCN(Cc2ccc3c(c2)OCO3)CC1. The fourth-order valence-electron chi connectivity index (χ4n) is 3.62. The number of nitrogens with one attached hydrogen (secondary N) is 1. The Kier molecular flexibility index (Phi) is 5.62. The fraction of sp³-hybridized carbons (Fsp3) is 0.429. The van der Waals surface area contributed by atoms with Crippen LogP contribution in [-0.4, -0.2) is 60.8 Å². The second kappa shape index (κ2) is 8.48. The maximum absolute atomic E-state index is 5.48. The zero-order valence-corrected chi connectivity index (χ0v) is 16.5. The summed E-state index contributed by atoms with van der Waals surface area (Å²) in [6.07, 6.45) is 0. The molecule has 1 N–H and O–H groups in total. The van der Waals surface area contributed by atoms with E-state index in [4.69, 9.17) is 9.47 Å². The van der Waals surface area contributed by atoms with E-state index in [1.165, 1.54) is 5.56 Å². The number of hydrogen-bond acceptors (Lipinski definition) is 5. The summed E-state index contributed by atoms with van der Waals surface area (Å²) in [6.45, 7) is 7.83. The van der Waals surface area contributed by atoms with Gasteiger partial charge in [-0.2, -0.15) is 0 Å². The standard InChI is InChI=1S/C21H27N5O2/c1-16-4-3-5-18(24-16)13-23-21(22-2)26-10-8-25(9-11-26)14-17-6-7-19-20(12-17)28-15-27-19/h3-7,12H,8-11,13-15H2,1-2H3,(H,22,23). The van der Waals surface area contributed by atoms with Gasteiger partial charge in [0, 0.05) is 45.5 Å². The average Bonchev–Trinajstić information content (AvgIpc) is 3.17. The van der Waals surface area contributed by atoms with E-state index >= 15 is 0 Å². The number of rotatable bonds is 4. The number of aromatic nitrogens is 1. The molecule has 0 saturated carbocycles. The Labute approximate surface area is 166 Å². The van der Waals surface area contributed by atoms with Crippen molar-refractivity contribution in [2.45, 2.75) is 20.0 Å². The molecule has 2 aliphatic heterocycles. The summed E-state index contributed by atoms with van der Waals surface area (Å²) >= 11 is 0. The number of ether oxygens (including phenoxy) is 2. The highest BCUT2D eigenvalue weighted by atomic mass is 16.7. The zero-order chi connectivity index (χ0) is 19.3. The monoisotopic (exact) mass is 381 g/mol. The average molecular weight is 381 g/mol. The van der Waals surface area contributed by atoms with Crippen molar-refractivity contribution in [3.63, 3.8) is 0 Å². The highest BCUT2D eigenvalue weighted by Gasteiger charge is 2.21. The summed E-state index contributed by atoms with van der Waals surface area (Å²) in [5, 5.41) is 3.44. The van der Waals surface area contributed by atoms with Gasteiger partial charge in [0.25, 0.3) is 0 Å². The molecule has 1 fully saturated rings. The number of fused-ring (bicyclic) bond motifs is 1. The van der Waals surface area contributed by atoms with Crippen molar-refractivity contribution in [2.75, 3.05) is 40.0 Å². The number of hydrogen-bond donors (Lipinski definition) is 1. The molecular formula is C21H27N5O2. The van der Waals surface area contributed by atoms with Gasteiger partial charge in [0.1, 0.15) is 0 Å². The van der Waals surface area contributed by atoms with E-state index in [2.05, 4.69) is 37.2 Å². The molecule has 0 bridgehead atoms. The third kappa shape index (κ3) is 4.36. The van der Waals surface area contributed by atoms with Crippen LogP contribution < -0.4 is 14.8 Å². The zero-order valence-electron chi connectivity index (χ0n) is 16.5. The number of aryl methyl sites for hydroxylation is 1. The fourth-order valence-corrected chi connectivity index (χ4v) is 3.62.